The van der Waals surface area contributed by atoms with Gasteiger partial charge in [0.2, 0.25) is 0 Å². The highest BCUT2D eigenvalue weighted by molar-refractivity contribution is 5.91. The summed E-state index contributed by atoms with van der Waals surface area (Å²) in [6.07, 6.45) is 2.82. The lowest BCUT2D eigenvalue weighted by atomic mass is 10.2. The number of fused-ring (bicyclic) bond motifs is 1. The molecule has 0 aromatic carbocycles. The van der Waals surface area contributed by atoms with E-state index in [2.05, 4.69) is 35.5 Å². The van der Waals surface area contributed by atoms with E-state index in [4.69, 9.17) is 0 Å². The van der Waals surface area contributed by atoms with Crippen LogP contribution in [0.4, 0.5) is 5.69 Å². The van der Waals surface area contributed by atoms with Gasteiger partial charge >= 0.3 is 0 Å². The third kappa shape index (κ3) is 0.967. The van der Waals surface area contributed by atoms with Crippen molar-refractivity contribution in [3.05, 3.63) is 11.9 Å². The molecule has 1 aromatic rings. The number of rotatable bonds is 1. The Bertz CT molecular complexity index is 334. The number of aromatic nitrogens is 2. The van der Waals surface area contributed by atoms with Crippen molar-refractivity contribution in [3.63, 3.8) is 0 Å². The van der Waals surface area contributed by atoms with E-state index in [0.29, 0.717) is 6.04 Å². The van der Waals surface area contributed by atoms with Gasteiger partial charge in [-0.1, -0.05) is 0 Å². The van der Waals surface area contributed by atoms with Crippen molar-refractivity contribution < 1.29 is 0 Å². The second-order valence-electron chi connectivity index (χ2n) is 3.54. The van der Waals surface area contributed by atoms with Gasteiger partial charge in [0.25, 0.3) is 0 Å². The fourth-order valence-electron chi connectivity index (χ4n) is 1.58. The van der Waals surface area contributed by atoms with Crippen LogP contribution in [0.3, 0.4) is 0 Å². The van der Waals surface area contributed by atoms with Gasteiger partial charge in [-0.2, -0.15) is 5.10 Å². The molecular weight excluding hydrogens is 150 g/mol. The largest absolute Gasteiger partial charge is 0.264 e. The molecule has 0 spiro atoms. The summed E-state index contributed by atoms with van der Waals surface area (Å²) in [5.41, 5.74) is 3.51. The molecule has 2 rings (SSSR count). The molecule has 12 heavy (non-hydrogen) atoms. The Balaban J connectivity index is 2.43. The van der Waals surface area contributed by atoms with Crippen LogP contribution in [-0.4, -0.2) is 15.5 Å². The number of hydrogen-bond donors (Lipinski definition) is 0. The van der Waals surface area contributed by atoms with Crippen molar-refractivity contribution in [2.75, 3.05) is 0 Å². The van der Waals surface area contributed by atoms with Crippen molar-refractivity contribution >= 4 is 11.4 Å². The number of nitrogens with zero attached hydrogens (tertiary/aromatic N) is 3. The molecule has 0 saturated carbocycles. The highest BCUT2D eigenvalue weighted by Gasteiger charge is 2.18. The smallest absolute Gasteiger partial charge is 0.104 e. The van der Waals surface area contributed by atoms with Gasteiger partial charge in [-0.25, -0.2) is 0 Å². The second kappa shape index (κ2) is 2.44. The van der Waals surface area contributed by atoms with E-state index in [1.807, 2.05) is 6.20 Å². The summed E-state index contributed by atoms with van der Waals surface area (Å²) in [6.45, 7) is 6.34. The molecule has 0 bridgehead atoms. The van der Waals surface area contributed by atoms with E-state index in [-0.39, 0.29) is 0 Å². The van der Waals surface area contributed by atoms with Crippen LogP contribution in [0.25, 0.3) is 0 Å². The van der Waals surface area contributed by atoms with Crippen LogP contribution < -0.4 is 0 Å². The van der Waals surface area contributed by atoms with Gasteiger partial charge in [-0.3, -0.25) is 9.67 Å². The first-order chi connectivity index (χ1) is 5.68. The Morgan fingerprint density at radius 3 is 2.92 bits per heavy atom. The van der Waals surface area contributed by atoms with Crippen LogP contribution >= 0.6 is 0 Å². The standard InChI is InChI=1S/C9H13N3/c1-6(2)12-9-4-7(3)11-8(9)5-10-12/h5-6H,4H2,1-3H3. The molecule has 3 nitrogen and oxygen atoms in total. The lowest BCUT2D eigenvalue weighted by Crippen LogP contribution is -2.08. The molecule has 0 N–H and O–H groups in total. The molecule has 1 aliphatic heterocycles. The number of aliphatic imine (C=N–C) groups is 1. The van der Waals surface area contributed by atoms with Crippen molar-refractivity contribution in [2.24, 2.45) is 4.99 Å². The maximum Gasteiger partial charge on any atom is 0.104 e. The van der Waals surface area contributed by atoms with E-state index in [0.717, 1.165) is 12.1 Å². The van der Waals surface area contributed by atoms with Crippen LogP contribution in [0.1, 0.15) is 32.5 Å². The first-order valence-corrected chi connectivity index (χ1v) is 4.29. The Kier molecular flexibility index (Phi) is 1.53. The lowest BCUT2D eigenvalue weighted by molar-refractivity contribution is 0.517. The minimum absolute atomic E-state index is 0.440. The van der Waals surface area contributed by atoms with Gasteiger partial charge in [0.05, 0.1) is 11.9 Å². The highest BCUT2D eigenvalue weighted by atomic mass is 15.3. The molecule has 0 fully saturated rings. The molecule has 0 amide bonds. The summed E-state index contributed by atoms with van der Waals surface area (Å²) >= 11 is 0. The predicted molar refractivity (Wildman–Crippen MR) is 49.1 cm³/mol. The van der Waals surface area contributed by atoms with Crippen LogP contribution in [0.15, 0.2) is 11.2 Å². The Labute approximate surface area is 72.1 Å². The van der Waals surface area contributed by atoms with Crippen molar-refractivity contribution in [3.8, 4) is 0 Å². The van der Waals surface area contributed by atoms with Gasteiger partial charge in [-0.15, -0.1) is 0 Å². The van der Waals surface area contributed by atoms with Gasteiger partial charge in [0, 0.05) is 18.2 Å². The molecular formula is C9H13N3. The van der Waals surface area contributed by atoms with Crippen LogP contribution in [0.2, 0.25) is 0 Å². The Hall–Kier alpha value is -1.12. The van der Waals surface area contributed by atoms with Crippen molar-refractivity contribution in [2.45, 2.75) is 33.2 Å². The maximum atomic E-state index is 4.39. The monoisotopic (exact) mass is 163 g/mol. The molecule has 2 heterocycles. The second-order valence-corrected chi connectivity index (χ2v) is 3.54. The van der Waals surface area contributed by atoms with Crippen LogP contribution in [-0.2, 0) is 6.42 Å². The van der Waals surface area contributed by atoms with Crippen molar-refractivity contribution in [1.82, 2.24) is 9.78 Å². The average molecular weight is 163 g/mol. The van der Waals surface area contributed by atoms with Crippen LogP contribution in [0.5, 0.6) is 0 Å². The minimum atomic E-state index is 0.440. The zero-order chi connectivity index (χ0) is 8.72. The van der Waals surface area contributed by atoms with Gasteiger partial charge in [0.1, 0.15) is 5.69 Å². The molecule has 0 saturated heterocycles. The van der Waals surface area contributed by atoms with E-state index in [9.17, 15) is 0 Å². The zero-order valence-electron chi connectivity index (χ0n) is 7.70. The molecule has 0 atom stereocenters. The molecule has 0 unspecified atom stereocenters. The first kappa shape index (κ1) is 7.53. The zero-order valence-corrected chi connectivity index (χ0v) is 7.70. The molecule has 3 heteroatoms. The molecule has 1 aromatic heterocycles. The molecule has 0 aliphatic carbocycles. The highest BCUT2D eigenvalue weighted by Crippen LogP contribution is 2.27. The third-order valence-corrected chi connectivity index (χ3v) is 2.10. The molecule has 1 aliphatic rings. The maximum absolute atomic E-state index is 4.39. The summed E-state index contributed by atoms with van der Waals surface area (Å²) in [5.74, 6) is 0. The van der Waals surface area contributed by atoms with E-state index < -0.39 is 0 Å². The fourth-order valence-corrected chi connectivity index (χ4v) is 1.58. The SMILES string of the molecule is CC1=Nc2cnn(C(C)C)c2C1. The fraction of sp³-hybridized carbons (Fsp3) is 0.556. The summed E-state index contributed by atoms with van der Waals surface area (Å²) in [6, 6.07) is 0.440. The summed E-state index contributed by atoms with van der Waals surface area (Å²) in [7, 11) is 0. The average Bonchev–Trinajstić information content (AvgIpc) is 2.43. The third-order valence-electron chi connectivity index (χ3n) is 2.10. The summed E-state index contributed by atoms with van der Waals surface area (Å²) in [4.78, 5) is 4.39. The summed E-state index contributed by atoms with van der Waals surface area (Å²) < 4.78 is 2.05. The topological polar surface area (TPSA) is 30.2 Å². The quantitative estimate of drug-likeness (QED) is 0.623. The van der Waals surface area contributed by atoms with E-state index >= 15 is 0 Å². The molecule has 64 valence electrons. The van der Waals surface area contributed by atoms with Crippen molar-refractivity contribution in [1.29, 1.82) is 0 Å². The number of hydrogen-bond acceptors (Lipinski definition) is 2. The normalized spacial score (nSPS) is 15.2. The Morgan fingerprint density at radius 2 is 2.25 bits per heavy atom. The van der Waals surface area contributed by atoms with Gasteiger partial charge < -0.3 is 0 Å². The first-order valence-electron chi connectivity index (χ1n) is 4.29. The predicted octanol–water partition coefficient (Wildman–Crippen LogP) is 2.11. The van der Waals surface area contributed by atoms with Gasteiger partial charge in [-0.05, 0) is 20.8 Å². The van der Waals surface area contributed by atoms with Crippen LogP contribution in [0, 0.1) is 0 Å². The lowest BCUT2D eigenvalue weighted by Gasteiger charge is -2.08. The molecule has 0 radical (unpaired) electrons. The Morgan fingerprint density at radius 1 is 1.50 bits per heavy atom. The minimum Gasteiger partial charge on any atom is -0.264 e. The van der Waals surface area contributed by atoms with Gasteiger partial charge in [0.15, 0.2) is 0 Å². The van der Waals surface area contributed by atoms with E-state index in [1.54, 1.807) is 0 Å². The van der Waals surface area contributed by atoms with E-state index in [1.165, 1.54) is 11.4 Å². The summed E-state index contributed by atoms with van der Waals surface area (Å²) in [5, 5.41) is 4.28.